The van der Waals surface area contributed by atoms with E-state index in [0.717, 1.165) is 49.0 Å². The smallest absolute Gasteiger partial charge is 0.193 e. The number of benzene rings is 2. The molecule has 0 bridgehead atoms. The topological polar surface area (TPSA) is 37.4 Å². The summed E-state index contributed by atoms with van der Waals surface area (Å²) in [7, 11) is 0. The van der Waals surface area contributed by atoms with E-state index in [4.69, 9.17) is 0 Å². The van der Waals surface area contributed by atoms with E-state index >= 15 is 0 Å². The lowest BCUT2D eigenvalue weighted by Crippen LogP contribution is -2.52. The average molecular weight is 347 g/mol. The van der Waals surface area contributed by atoms with Gasteiger partial charge in [-0.2, -0.15) is 0 Å². The molecule has 2 aliphatic rings. The number of ketones is 2. The fraction of sp³-hybridized carbons (Fsp3) is 0.391. The van der Waals surface area contributed by atoms with Crippen molar-refractivity contribution >= 4 is 11.6 Å². The lowest BCUT2D eigenvalue weighted by molar-refractivity contribution is 0.0579. The van der Waals surface area contributed by atoms with Crippen molar-refractivity contribution in [2.45, 2.75) is 45.1 Å². The van der Waals surface area contributed by atoms with Crippen molar-refractivity contribution in [3.63, 3.8) is 0 Å². The number of nitrogens with zero attached hydrogens (tertiary/aromatic N) is 1. The Bertz CT molecular complexity index is 876. The van der Waals surface area contributed by atoms with E-state index < -0.39 is 5.54 Å². The first-order valence-corrected chi connectivity index (χ1v) is 9.54. The van der Waals surface area contributed by atoms with Gasteiger partial charge in [0, 0.05) is 16.7 Å². The highest BCUT2D eigenvalue weighted by atomic mass is 16.1. The van der Waals surface area contributed by atoms with Gasteiger partial charge in [-0.1, -0.05) is 42.8 Å². The van der Waals surface area contributed by atoms with Crippen LogP contribution in [0, 0.1) is 0 Å². The van der Waals surface area contributed by atoms with E-state index in [1.807, 2.05) is 56.3 Å². The second kappa shape index (κ2) is 6.48. The Morgan fingerprint density at radius 1 is 0.923 bits per heavy atom. The molecular formula is C23H25NO2. The van der Waals surface area contributed by atoms with Crippen LogP contribution in [-0.4, -0.2) is 35.1 Å². The Morgan fingerprint density at radius 2 is 1.62 bits per heavy atom. The van der Waals surface area contributed by atoms with Gasteiger partial charge in [-0.25, -0.2) is 0 Å². The minimum Gasteiger partial charge on any atom is -0.292 e. The van der Waals surface area contributed by atoms with E-state index in [2.05, 4.69) is 4.90 Å². The van der Waals surface area contributed by atoms with Crippen LogP contribution >= 0.6 is 0 Å². The molecule has 2 aromatic rings. The van der Waals surface area contributed by atoms with Crippen LogP contribution in [0.15, 0.2) is 42.5 Å². The first-order valence-electron chi connectivity index (χ1n) is 9.54. The Kier molecular flexibility index (Phi) is 4.28. The molecule has 4 rings (SSSR count). The van der Waals surface area contributed by atoms with E-state index in [-0.39, 0.29) is 11.6 Å². The number of piperidine rings is 1. The molecule has 0 atom stereocenters. The molecule has 1 aliphatic carbocycles. The van der Waals surface area contributed by atoms with Crippen molar-refractivity contribution in [1.29, 1.82) is 0 Å². The molecule has 0 unspecified atom stereocenters. The van der Waals surface area contributed by atoms with Crippen LogP contribution in [0.1, 0.15) is 70.5 Å². The van der Waals surface area contributed by atoms with Crippen molar-refractivity contribution < 1.29 is 9.59 Å². The zero-order chi connectivity index (χ0) is 18.3. The Hall–Kier alpha value is -2.26. The molecule has 2 aromatic carbocycles. The molecule has 0 radical (unpaired) electrons. The summed E-state index contributed by atoms with van der Waals surface area (Å²) in [6, 6.07) is 13.4. The SMILES string of the molecule is CC(C)(C(=O)c1ccc2c(c1)C(=O)c1ccccc1C2)N1CCCCC1. The van der Waals surface area contributed by atoms with Crippen LogP contribution < -0.4 is 0 Å². The summed E-state index contributed by atoms with van der Waals surface area (Å²) in [6.45, 7) is 5.96. The van der Waals surface area contributed by atoms with E-state index in [0.29, 0.717) is 11.1 Å². The molecule has 3 heteroatoms. The van der Waals surface area contributed by atoms with E-state index in [1.54, 1.807) is 0 Å². The molecule has 1 saturated heterocycles. The molecule has 1 fully saturated rings. The molecule has 0 N–H and O–H groups in total. The summed E-state index contributed by atoms with van der Waals surface area (Å²) >= 11 is 0. The molecule has 1 heterocycles. The third kappa shape index (κ3) is 2.80. The Labute approximate surface area is 155 Å². The predicted octanol–water partition coefficient (Wildman–Crippen LogP) is 4.27. The number of hydrogen-bond acceptors (Lipinski definition) is 3. The number of hydrogen-bond donors (Lipinski definition) is 0. The maximum Gasteiger partial charge on any atom is 0.193 e. The number of carbonyl (C=O) groups is 2. The molecule has 0 amide bonds. The van der Waals surface area contributed by atoms with Crippen molar-refractivity contribution in [1.82, 2.24) is 4.90 Å². The van der Waals surface area contributed by atoms with Crippen molar-refractivity contribution in [3.8, 4) is 0 Å². The number of rotatable bonds is 3. The van der Waals surface area contributed by atoms with Gasteiger partial charge in [0.15, 0.2) is 11.6 Å². The third-order valence-corrected chi connectivity index (χ3v) is 5.96. The fourth-order valence-corrected chi connectivity index (χ4v) is 4.28. The molecule has 0 aromatic heterocycles. The van der Waals surface area contributed by atoms with Crippen LogP contribution in [0.3, 0.4) is 0 Å². The summed E-state index contributed by atoms with van der Waals surface area (Å²) < 4.78 is 0. The summed E-state index contributed by atoms with van der Waals surface area (Å²) in [5.41, 5.74) is 3.64. The van der Waals surface area contributed by atoms with Crippen molar-refractivity contribution in [3.05, 3.63) is 70.3 Å². The van der Waals surface area contributed by atoms with Gasteiger partial charge in [0.25, 0.3) is 0 Å². The zero-order valence-electron chi connectivity index (χ0n) is 15.5. The normalized spacial score (nSPS) is 17.5. The minimum absolute atomic E-state index is 0.0345. The standard InChI is InChI=1S/C23H25NO2/c1-23(2,24-12-6-3-7-13-24)22(26)18-11-10-17-14-16-8-4-5-9-19(16)21(25)20(17)15-18/h4-5,8-11,15H,3,6-7,12-14H2,1-2H3. The molecule has 0 saturated carbocycles. The van der Waals surface area contributed by atoms with Gasteiger partial charge in [0.2, 0.25) is 0 Å². The largest absolute Gasteiger partial charge is 0.292 e. The average Bonchev–Trinajstić information content (AvgIpc) is 2.68. The van der Waals surface area contributed by atoms with Gasteiger partial charge in [0.05, 0.1) is 5.54 Å². The van der Waals surface area contributed by atoms with E-state index in [9.17, 15) is 9.59 Å². The molecule has 1 aliphatic heterocycles. The fourth-order valence-electron chi connectivity index (χ4n) is 4.28. The summed E-state index contributed by atoms with van der Waals surface area (Å²) in [5, 5.41) is 0. The third-order valence-electron chi connectivity index (χ3n) is 5.96. The highest BCUT2D eigenvalue weighted by Crippen LogP contribution is 2.30. The van der Waals surface area contributed by atoms with Crippen LogP contribution in [0.5, 0.6) is 0 Å². The second-order valence-corrected chi connectivity index (χ2v) is 7.97. The van der Waals surface area contributed by atoms with Gasteiger partial charge >= 0.3 is 0 Å². The van der Waals surface area contributed by atoms with Gasteiger partial charge in [-0.05, 0) is 63.4 Å². The maximum absolute atomic E-state index is 13.3. The number of fused-ring (bicyclic) bond motifs is 2. The summed E-state index contributed by atoms with van der Waals surface area (Å²) in [4.78, 5) is 28.5. The summed E-state index contributed by atoms with van der Waals surface area (Å²) in [6.07, 6.45) is 4.29. The number of carbonyl (C=O) groups excluding carboxylic acids is 2. The molecule has 134 valence electrons. The monoisotopic (exact) mass is 347 g/mol. The first-order chi connectivity index (χ1) is 12.5. The second-order valence-electron chi connectivity index (χ2n) is 7.97. The number of Topliss-reactive ketones (excluding diaryl/α,β-unsaturated/α-hetero) is 1. The predicted molar refractivity (Wildman–Crippen MR) is 103 cm³/mol. The lowest BCUT2D eigenvalue weighted by Gasteiger charge is -2.39. The van der Waals surface area contributed by atoms with Gasteiger partial charge in [-0.3, -0.25) is 14.5 Å². The Morgan fingerprint density at radius 3 is 2.38 bits per heavy atom. The first kappa shape index (κ1) is 17.2. The highest BCUT2D eigenvalue weighted by molar-refractivity contribution is 6.14. The van der Waals surface area contributed by atoms with Crippen molar-refractivity contribution in [2.75, 3.05) is 13.1 Å². The van der Waals surface area contributed by atoms with Crippen LogP contribution in [0.2, 0.25) is 0 Å². The minimum atomic E-state index is -0.537. The maximum atomic E-state index is 13.3. The van der Waals surface area contributed by atoms with Crippen LogP contribution in [0.4, 0.5) is 0 Å². The molecule has 26 heavy (non-hydrogen) atoms. The van der Waals surface area contributed by atoms with Gasteiger partial charge < -0.3 is 0 Å². The van der Waals surface area contributed by atoms with Crippen LogP contribution in [0.25, 0.3) is 0 Å². The molecule has 3 nitrogen and oxygen atoms in total. The van der Waals surface area contributed by atoms with Gasteiger partial charge in [-0.15, -0.1) is 0 Å². The zero-order valence-corrected chi connectivity index (χ0v) is 15.5. The van der Waals surface area contributed by atoms with E-state index in [1.165, 1.54) is 6.42 Å². The highest BCUT2D eigenvalue weighted by Gasteiger charge is 2.36. The molecule has 0 spiro atoms. The summed E-state index contributed by atoms with van der Waals surface area (Å²) in [5.74, 6) is 0.140. The quantitative estimate of drug-likeness (QED) is 0.664. The lowest BCUT2D eigenvalue weighted by atomic mass is 9.82. The van der Waals surface area contributed by atoms with Crippen molar-refractivity contribution in [2.24, 2.45) is 0 Å². The molecular weight excluding hydrogens is 322 g/mol. The van der Waals surface area contributed by atoms with Crippen LogP contribution in [-0.2, 0) is 6.42 Å². The van der Waals surface area contributed by atoms with Gasteiger partial charge in [0.1, 0.15) is 0 Å². The Balaban J connectivity index is 1.67. The number of likely N-dealkylation sites (tertiary alicyclic amines) is 1.